The molecule has 0 aromatic heterocycles. The van der Waals surface area contributed by atoms with Gasteiger partial charge in [0.25, 0.3) is 5.91 Å². The second kappa shape index (κ2) is 9.01. The molecule has 3 rings (SSSR count). The van der Waals surface area contributed by atoms with Crippen LogP contribution in [0.1, 0.15) is 16.8 Å². The van der Waals surface area contributed by atoms with Crippen molar-refractivity contribution in [3.8, 4) is 0 Å². The van der Waals surface area contributed by atoms with Crippen LogP contribution in [0.25, 0.3) is 0 Å². The van der Waals surface area contributed by atoms with Gasteiger partial charge in [0.1, 0.15) is 0 Å². The summed E-state index contributed by atoms with van der Waals surface area (Å²) in [5, 5.41) is 2.57. The van der Waals surface area contributed by atoms with Gasteiger partial charge < -0.3 is 19.7 Å². The van der Waals surface area contributed by atoms with Crippen molar-refractivity contribution in [2.24, 2.45) is 5.92 Å². The zero-order valence-electron chi connectivity index (χ0n) is 15.8. The van der Waals surface area contributed by atoms with Crippen LogP contribution in [0.4, 0.5) is 11.4 Å². The van der Waals surface area contributed by atoms with Crippen molar-refractivity contribution in [2.75, 3.05) is 30.5 Å². The first kappa shape index (κ1) is 20.1. The number of para-hydroxylation sites is 1. The van der Waals surface area contributed by atoms with Crippen LogP contribution in [0.2, 0.25) is 0 Å². The van der Waals surface area contributed by atoms with E-state index in [1.807, 2.05) is 18.2 Å². The number of ether oxygens (including phenoxy) is 2. The summed E-state index contributed by atoms with van der Waals surface area (Å²) in [6.07, 6.45) is 0.0460. The molecule has 2 aromatic rings. The lowest BCUT2D eigenvalue weighted by atomic mass is 10.1. The maximum absolute atomic E-state index is 12.2. The van der Waals surface area contributed by atoms with Gasteiger partial charge in [0.15, 0.2) is 6.61 Å². The van der Waals surface area contributed by atoms with Gasteiger partial charge >= 0.3 is 11.9 Å². The summed E-state index contributed by atoms with van der Waals surface area (Å²) in [5.41, 5.74) is 1.52. The molecule has 150 valence electrons. The lowest BCUT2D eigenvalue weighted by Gasteiger charge is -2.16. The Balaban J connectivity index is 1.48. The quantitative estimate of drug-likeness (QED) is 0.750. The molecule has 0 aliphatic carbocycles. The zero-order valence-corrected chi connectivity index (χ0v) is 15.8. The third kappa shape index (κ3) is 4.98. The summed E-state index contributed by atoms with van der Waals surface area (Å²) < 4.78 is 9.67. The minimum atomic E-state index is -0.616. The third-order valence-electron chi connectivity index (χ3n) is 4.46. The van der Waals surface area contributed by atoms with E-state index in [1.165, 1.54) is 24.1 Å². The maximum Gasteiger partial charge on any atom is 0.337 e. The van der Waals surface area contributed by atoms with Gasteiger partial charge in [-0.1, -0.05) is 18.2 Å². The molecule has 0 radical (unpaired) electrons. The summed E-state index contributed by atoms with van der Waals surface area (Å²) in [6, 6.07) is 15.2. The first-order valence-electron chi connectivity index (χ1n) is 8.98. The number of amides is 2. The van der Waals surface area contributed by atoms with Crippen LogP contribution < -0.4 is 10.2 Å². The molecule has 1 atom stereocenters. The average Bonchev–Trinajstić information content (AvgIpc) is 3.14. The number of hydrogen-bond acceptors (Lipinski definition) is 6. The van der Waals surface area contributed by atoms with Crippen LogP contribution in [0, 0.1) is 5.92 Å². The maximum atomic E-state index is 12.2. The summed E-state index contributed by atoms with van der Waals surface area (Å²) >= 11 is 0. The van der Waals surface area contributed by atoms with E-state index >= 15 is 0 Å². The number of carbonyl (C=O) groups is 4. The number of hydrogen-bond donors (Lipinski definition) is 1. The van der Waals surface area contributed by atoms with Crippen molar-refractivity contribution in [1.29, 1.82) is 0 Å². The fraction of sp³-hybridized carbons (Fsp3) is 0.238. The zero-order chi connectivity index (χ0) is 20.8. The molecule has 0 saturated carbocycles. The molecule has 29 heavy (non-hydrogen) atoms. The predicted molar refractivity (Wildman–Crippen MR) is 104 cm³/mol. The second-order valence-electron chi connectivity index (χ2n) is 6.47. The highest BCUT2D eigenvalue weighted by Crippen LogP contribution is 2.25. The minimum absolute atomic E-state index is 0.0460. The summed E-state index contributed by atoms with van der Waals surface area (Å²) in [7, 11) is 1.28. The van der Waals surface area contributed by atoms with Crippen molar-refractivity contribution in [2.45, 2.75) is 6.42 Å². The van der Waals surface area contributed by atoms with Crippen molar-refractivity contribution in [1.82, 2.24) is 0 Å². The standard InChI is InChI=1S/C21H20N2O6/c1-28-20(26)14-7-9-16(10-8-14)22-18(24)13-29-21(27)15-11-19(25)23(12-15)17-5-3-2-4-6-17/h2-10,15H,11-13H2,1H3,(H,22,24)/t15-/m0/s1. The Hall–Kier alpha value is -3.68. The molecule has 1 N–H and O–H groups in total. The van der Waals surface area contributed by atoms with E-state index in [2.05, 4.69) is 10.1 Å². The van der Waals surface area contributed by atoms with Gasteiger partial charge in [0.05, 0.1) is 18.6 Å². The number of carbonyl (C=O) groups excluding carboxylic acids is 4. The Bertz CT molecular complexity index is 911. The SMILES string of the molecule is COC(=O)c1ccc(NC(=O)COC(=O)[C@H]2CC(=O)N(c3ccccc3)C2)cc1. The molecular formula is C21H20N2O6. The number of nitrogens with zero attached hydrogens (tertiary/aromatic N) is 1. The van der Waals surface area contributed by atoms with Crippen LogP contribution in [0.3, 0.4) is 0 Å². The van der Waals surface area contributed by atoms with Crippen molar-refractivity contribution >= 4 is 35.1 Å². The van der Waals surface area contributed by atoms with E-state index in [-0.39, 0.29) is 18.9 Å². The minimum Gasteiger partial charge on any atom is -0.465 e. The Labute approximate surface area is 167 Å². The molecule has 2 amide bonds. The van der Waals surface area contributed by atoms with Crippen LogP contribution in [-0.4, -0.2) is 44.0 Å². The number of rotatable bonds is 6. The molecule has 0 spiro atoms. The lowest BCUT2D eigenvalue weighted by Crippen LogP contribution is -2.28. The summed E-state index contributed by atoms with van der Waals surface area (Å²) in [4.78, 5) is 49.3. The highest BCUT2D eigenvalue weighted by Gasteiger charge is 2.36. The van der Waals surface area contributed by atoms with Gasteiger partial charge in [-0.15, -0.1) is 0 Å². The fourth-order valence-electron chi connectivity index (χ4n) is 2.98. The van der Waals surface area contributed by atoms with E-state index < -0.39 is 30.4 Å². The molecule has 1 aliphatic heterocycles. The molecule has 2 aromatic carbocycles. The van der Waals surface area contributed by atoms with Crippen LogP contribution in [-0.2, 0) is 23.9 Å². The molecule has 0 bridgehead atoms. The van der Waals surface area contributed by atoms with Crippen molar-refractivity contribution < 1.29 is 28.7 Å². The third-order valence-corrected chi connectivity index (χ3v) is 4.46. The first-order chi connectivity index (χ1) is 14.0. The molecular weight excluding hydrogens is 376 g/mol. The van der Waals surface area contributed by atoms with Crippen LogP contribution >= 0.6 is 0 Å². The number of benzene rings is 2. The molecule has 0 unspecified atom stereocenters. The Morgan fingerprint density at radius 3 is 2.41 bits per heavy atom. The monoisotopic (exact) mass is 396 g/mol. The van der Waals surface area contributed by atoms with E-state index in [0.717, 1.165) is 5.69 Å². The topological polar surface area (TPSA) is 102 Å². The Kier molecular flexibility index (Phi) is 6.23. The number of nitrogens with one attached hydrogen (secondary N) is 1. The molecule has 1 saturated heterocycles. The van der Waals surface area contributed by atoms with Crippen molar-refractivity contribution in [3.63, 3.8) is 0 Å². The Morgan fingerprint density at radius 1 is 1.07 bits per heavy atom. The molecule has 1 heterocycles. The average molecular weight is 396 g/mol. The number of esters is 2. The van der Waals surface area contributed by atoms with Gasteiger partial charge in [-0.05, 0) is 36.4 Å². The summed E-state index contributed by atoms with van der Waals surface area (Å²) in [5.74, 6) is -2.36. The fourth-order valence-corrected chi connectivity index (χ4v) is 2.98. The summed E-state index contributed by atoms with van der Waals surface area (Å²) in [6.45, 7) is -0.244. The smallest absolute Gasteiger partial charge is 0.337 e. The Morgan fingerprint density at radius 2 is 1.76 bits per heavy atom. The van der Waals surface area contributed by atoms with E-state index in [0.29, 0.717) is 11.3 Å². The second-order valence-corrected chi connectivity index (χ2v) is 6.47. The van der Waals surface area contributed by atoms with E-state index in [1.54, 1.807) is 24.3 Å². The largest absolute Gasteiger partial charge is 0.465 e. The van der Waals surface area contributed by atoms with Crippen LogP contribution in [0.5, 0.6) is 0 Å². The van der Waals surface area contributed by atoms with Gasteiger partial charge in [0, 0.05) is 24.3 Å². The van der Waals surface area contributed by atoms with E-state index in [9.17, 15) is 19.2 Å². The lowest BCUT2D eigenvalue weighted by molar-refractivity contribution is -0.151. The molecule has 1 aliphatic rings. The van der Waals surface area contributed by atoms with Gasteiger partial charge in [-0.3, -0.25) is 14.4 Å². The number of methoxy groups -OCH3 is 1. The van der Waals surface area contributed by atoms with Crippen molar-refractivity contribution in [3.05, 3.63) is 60.2 Å². The highest BCUT2D eigenvalue weighted by atomic mass is 16.5. The predicted octanol–water partition coefficient (Wildman–Crippen LogP) is 2.01. The van der Waals surface area contributed by atoms with E-state index in [4.69, 9.17) is 4.74 Å². The molecule has 8 nitrogen and oxygen atoms in total. The highest BCUT2D eigenvalue weighted by molar-refractivity contribution is 6.00. The van der Waals surface area contributed by atoms with Gasteiger partial charge in [-0.2, -0.15) is 0 Å². The van der Waals surface area contributed by atoms with Crippen LogP contribution in [0.15, 0.2) is 54.6 Å². The normalized spacial score (nSPS) is 15.7. The van der Waals surface area contributed by atoms with Gasteiger partial charge in [-0.25, -0.2) is 4.79 Å². The molecule has 8 heteroatoms. The number of anilines is 2. The molecule has 1 fully saturated rings. The first-order valence-corrected chi connectivity index (χ1v) is 8.98. The van der Waals surface area contributed by atoms with Gasteiger partial charge in [0.2, 0.25) is 5.91 Å².